The number of rotatable bonds is 6. The van der Waals surface area contributed by atoms with Gasteiger partial charge in [-0.25, -0.2) is 0 Å². The standard InChI is InChI=1S/C17H22N2O2/c1-4-9-18-16(11-17(20)21-3)14-7-8-15-13(10-14)6-5-12(2)19-15/h5-8,10,16,18H,4,9,11H2,1-3H3. The number of methoxy groups -OCH3 is 1. The zero-order valence-corrected chi connectivity index (χ0v) is 12.8. The third kappa shape index (κ3) is 4.02. The molecule has 0 aliphatic rings. The smallest absolute Gasteiger partial charge is 0.307 e. The summed E-state index contributed by atoms with van der Waals surface area (Å²) in [7, 11) is 1.42. The highest BCUT2D eigenvalue weighted by Crippen LogP contribution is 2.22. The topological polar surface area (TPSA) is 51.2 Å². The average molecular weight is 286 g/mol. The van der Waals surface area contributed by atoms with Crippen LogP contribution in [0.5, 0.6) is 0 Å². The van der Waals surface area contributed by atoms with Crippen LogP contribution in [0.1, 0.15) is 37.1 Å². The molecule has 4 nitrogen and oxygen atoms in total. The lowest BCUT2D eigenvalue weighted by Crippen LogP contribution is -2.25. The molecule has 0 fully saturated rings. The lowest BCUT2D eigenvalue weighted by Gasteiger charge is -2.18. The summed E-state index contributed by atoms with van der Waals surface area (Å²) >= 11 is 0. The fraction of sp³-hybridized carbons (Fsp3) is 0.412. The van der Waals surface area contributed by atoms with Crippen LogP contribution in [0.15, 0.2) is 30.3 Å². The summed E-state index contributed by atoms with van der Waals surface area (Å²) in [5.41, 5.74) is 3.07. The first-order valence-electron chi connectivity index (χ1n) is 7.31. The van der Waals surface area contributed by atoms with E-state index in [0.717, 1.165) is 35.1 Å². The van der Waals surface area contributed by atoms with Crippen molar-refractivity contribution in [2.75, 3.05) is 13.7 Å². The van der Waals surface area contributed by atoms with Crippen molar-refractivity contribution in [2.45, 2.75) is 32.7 Å². The lowest BCUT2D eigenvalue weighted by molar-refractivity contribution is -0.141. The molecule has 1 aromatic carbocycles. The van der Waals surface area contributed by atoms with Crippen LogP contribution >= 0.6 is 0 Å². The number of nitrogens with zero attached hydrogens (tertiary/aromatic N) is 1. The van der Waals surface area contributed by atoms with Crippen LogP contribution in [0.2, 0.25) is 0 Å². The van der Waals surface area contributed by atoms with E-state index in [1.165, 1.54) is 7.11 Å². The van der Waals surface area contributed by atoms with E-state index in [0.29, 0.717) is 6.42 Å². The van der Waals surface area contributed by atoms with E-state index >= 15 is 0 Å². The molecule has 0 saturated carbocycles. The van der Waals surface area contributed by atoms with Gasteiger partial charge in [-0.3, -0.25) is 9.78 Å². The van der Waals surface area contributed by atoms with E-state index < -0.39 is 0 Å². The van der Waals surface area contributed by atoms with Crippen LogP contribution in [-0.4, -0.2) is 24.6 Å². The van der Waals surface area contributed by atoms with Crippen LogP contribution in [0, 0.1) is 6.92 Å². The molecule has 0 spiro atoms. The van der Waals surface area contributed by atoms with E-state index in [4.69, 9.17) is 4.74 Å². The SMILES string of the molecule is CCCNC(CC(=O)OC)c1ccc2nc(C)ccc2c1. The number of pyridine rings is 1. The monoisotopic (exact) mass is 286 g/mol. The van der Waals surface area contributed by atoms with E-state index in [2.05, 4.69) is 29.4 Å². The van der Waals surface area contributed by atoms with Crippen LogP contribution in [0.4, 0.5) is 0 Å². The van der Waals surface area contributed by atoms with Crippen LogP contribution in [0.3, 0.4) is 0 Å². The second-order valence-corrected chi connectivity index (χ2v) is 5.19. The Balaban J connectivity index is 2.29. The molecule has 1 aromatic heterocycles. The van der Waals surface area contributed by atoms with Gasteiger partial charge in [-0.1, -0.05) is 19.1 Å². The number of fused-ring (bicyclic) bond motifs is 1. The summed E-state index contributed by atoms with van der Waals surface area (Å²) in [5.74, 6) is -0.203. The number of aryl methyl sites for hydroxylation is 1. The maximum absolute atomic E-state index is 11.6. The van der Waals surface area contributed by atoms with Gasteiger partial charge in [-0.05, 0) is 43.7 Å². The maximum Gasteiger partial charge on any atom is 0.307 e. The molecule has 1 atom stereocenters. The number of nitrogens with one attached hydrogen (secondary N) is 1. The molecule has 1 N–H and O–H groups in total. The van der Waals surface area contributed by atoms with Gasteiger partial charge >= 0.3 is 5.97 Å². The fourth-order valence-electron chi connectivity index (χ4n) is 2.34. The minimum Gasteiger partial charge on any atom is -0.469 e. The number of hydrogen-bond acceptors (Lipinski definition) is 4. The van der Waals surface area contributed by atoms with Gasteiger partial charge in [-0.2, -0.15) is 0 Å². The molecule has 2 rings (SSSR count). The van der Waals surface area contributed by atoms with Gasteiger partial charge in [0, 0.05) is 17.1 Å². The van der Waals surface area contributed by atoms with Gasteiger partial charge in [0.15, 0.2) is 0 Å². The van der Waals surface area contributed by atoms with Gasteiger partial charge in [-0.15, -0.1) is 0 Å². The number of benzene rings is 1. The Labute approximate surface area is 125 Å². The summed E-state index contributed by atoms with van der Waals surface area (Å²) in [6.45, 7) is 4.96. The van der Waals surface area contributed by atoms with Gasteiger partial charge in [0.05, 0.1) is 19.0 Å². The van der Waals surface area contributed by atoms with Crippen molar-refractivity contribution in [3.63, 3.8) is 0 Å². The van der Waals surface area contributed by atoms with Crippen molar-refractivity contribution in [1.82, 2.24) is 10.3 Å². The first kappa shape index (κ1) is 15.4. The summed E-state index contributed by atoms with van der Waals surface area (Å²) in [6, 6.07) is 10.2. The predicted molar refractivity (Wildman–Crippen MR) is 84.1 cm³/mol. The molecule has 21 heavy (non-hydrogen) atoms. The summed E-state index contributed by atoms with van der Waals surface area (Å²) < 4.78 is 4.79. The molecule has 2 aromatic rings. The summed E-state index contributed by atoms with van der Waals surface area (Å²) in [4.78, 5) is 16.1. The number of esters is 1. The molecule has 0 amide bonds. The van der Waals surface area contributed by atoms with Crippen molar-refractivity contribution in [2.24, 2.45) is 0 Å². The van der Waals surface area contributed by atoms with Gasteiger partial charge < -0.3 is 10.1 Å². The Morgan fingerprint density at radius 1 is 1.33 bits per heavy atom. The van der Waals surface area contributed by atoms with Crippen LogP contribution in [0.25, 0.3) is 10.9 Å². The lowest BCUT2D eigenvalue weighted by atomic mass is 10.0. The fourth-order valence-corrected chi connectivity index (χ4v) is 2.34. The number of hydrogen-bond donors (Lipinski definition) is 1. The molecular formula is C17H22N2O2. The number of carbonyl (C=O) groups excluding carboxylic acids is 1. The highest BCUT2D eigenvalue weighted by Gasteiger charge is 2.16. The number of aromatic nitrogens is 1. The second kappa shape index (κ2) is 7.18. The molecule has 4 heteroatoms. The van der Waals surface area contributed by atoms with Crippen molar-refractivity contribution >= 4 is 16.9 Å². The highest BCUT2D eigenvalue weighted by molar-refractivity contribution is 5.80. The highest BCUT2D eigenvalue weighted by atomic mass is 16.5. The normalized spacial score (nSPS) is 12.3. The van der Waals surface area contributed by atoms with Gasteiger partial charge in [0.25, 0.3) is 0 Å². The van der Waals surface area contributed by atoms with Crippen molar-refractivity contribution in [3.8, 4) is 0 Å². The molecule has 0 bridgehead atoms. The minimum absolute atomic E-state index is 0.0249. The van der Waals surface area contributed by atoms with E-state index in [-0.39, 0.29) is 12.0 Å². The zero-order chi connectivity index (χ0) is 15.2. The first-order valence-corrected chi connectivity index (χ1v) is 7.31. The van der Waals surface area contributed by atoms with Crippen LogP contribution < -0.4 is 5.32 Å². The molecule has 0 radical (unpaired) electrons. The third-order valence-corrected chi connectivity index (χ3v) is 3.49. The average Bonchev–Trinajstić information content (AvgIpc) is 2.50. The Morgan fingerprint density at radius 2 is 2.14 bits per heavy atom. The van der Waals surface area contributed by atoms with E-state index in [9.17, 15) is 4.79 Å². The Bertz CT molecular complexity index is 625. The van der Waals surface area contributed by atoms with Gasteiger partial charge in [0.2, 0.25) is 0 Å². The molecule has 0 saturated heterocycles. The third-order valence-electron chi connectivity index (χ3n) is 3.49. The Hall–Kier alpha value is -1.94. The van der Waals surface area contributed by atoms with E-state index in [1.807, 2.05) is 25.1 Å². The molecule has 1 heterocycles. The minimum atomic E-state index is -0.203. The van der Waals surface area contributed by atoms with E-state index in [1.54, 1.807) is 0 Å². The Kier molecular flexibility index (Phi) is 5.28. The summed E-state index contributed by atoms with van der Waals surface area (Å²) in [6.07, 6.45) is 1.35. The van der Waals surface area contributed by atoms with Crippen molar-refractivity contribution in [1.29, 1.82) is 0 Å². The first-order chi connectivity index (χ1) is 10.1. The zero-order valence-electron chi connectivity index (χ0n) is 12.8. The molecule has 112 valence electrons. The summed E-state index contributed by atoms with van der Waals surface area (Å²) in [5, 5.41) is 4.49. The van der Waals surface area contributed by atoms with Crippen molar-refractivity contribution < 1.29 is 9.53 Å². The van der Waals surface area contributed by atoms with Crippen molar-refractivity contribution in [3.05, 3.63) is 41.6 Å². The maximum atomic E-state index is 11.6. The molecule has 0 aliphatic heterocycles. The predicted octanol–water partition coefficient (Wildman–Crippen LogP) is 3.15. The van der Waals surface area contributed by atoms with Crippen LogP contribution in [-0.2, 0) is 9.53 Å². The molecule has 0 aliphatic carbocycles. The van der Waals surface area contributed by atoms with Gasteiger partial charge in [0.1, 0.15) is 0 Å². The number of carbonyl (C=O) groups is 1. The molecular weight excluding hydrogens is 264 g/mol. The largest absolute Gasteiger partial charge is 0.469 e. The Morgan fingerprint density at radius 3 is 2.86 bits per heavy atom. The number of ether oxygens (including phenoxy) is 1. The quantitative estimate of drug-likeness (QED) is 0.829. The second-order valence-electron chi connectivity index (χ2n) is 5.19. The molecule has 1 unspecified atom stereocenters.